The van der Waals surface area contributed by atoms with Gasteiger partial charge in [-0.2, -0.15) is 5.10 Å². The molecule has 3 aromatic rings. The van der Waals surface area contributed by atoms with Gasteiger partial charge >= 0.3 is 0 Å². The molecular formula is C26H21Cl2N3O2. The fraction of sp³-hybridized carbons (Fsp3) is 0.192. The number of anilines is 1. The van der Waals surface area contributed by atoms with Crippen molar-refractivity contribution in [1.82, 2.24) is 0 Å². The quantitative estimate of drug-likeness (QED) is 0.285. The predicted octanol–water partition coefficient (Wildman–Crippen LogP) is 7.70. The lowest BCUT2D eigenvalue weighted by molar-refractivity contribution is -0.384. The first-order valence-corrected chi connectivity index (χ1v) is 11.6. The number of allylic oxidation sites excluding steroid dienone is 1. The smallest absolute Gasteiger partial charge is 0.258 e. The molecule has 1 aliphatic carbocycles. The lowest BCUT2D eigenvalue weighted by Gasteiger charge is -2.30. The van der Waals surface area contributed by atoms with Crippen LogP contribution in [0.5, 0.6) is 0 Å². The highest BCUT2D eigenvalue weighted by Gasteiger charge is 2.41. The Morgan fingerprint density at radius 3 is 2.21 bits per heavy atom. The minimum atomic E-state index is -0.386. The Kier molecular flexibility index (Phi) is 5.92. The van der Waals surface area contributed by atoms with Crippen molar-refractivity contribution in [1.29, 1.82) is 0 Å². The topological polar surface area (TPSA) is 58.7 Å². The molecule has 1 aliphatic heterocycles. The Balaban J connectivity index is 1.58. The molecule has 0 N–H and O–H groups in total. The van der Waals surface area contributed by atoms with E-state index in [0.29, 0.717) is 10.0 Å². The highest BCUT2D eigenvalue weighted by atomic mass is 35.5. The third-order valence-electron chi connectivity index (χ3n) is 6.25. The van der Waals surface area contributed by atoms with E-state index in [1.165, 1.54) is 17.7 Å². The zero-order valence-electron chi connectivity index (χ0n) is 17.7. The summed E-state index contributed by atoms with van der Waals surface area (Å²) >= 11 is 12.2. The van der Waals surface area contributed by atoms with Crippen LogP contribution in [0.1, 0.15) is 36.4 Å². The Hall–Kier alpha value is -3.15. The summed E-state index contributed by atoms with van der Waals surface area (Å²) in [5, 5.41) is 19.6. The molecule has 5 rings (SSSR count). The fourth-order valence-corrected chi connectivity index (χ4v) is 4.95. The SMILES string of the molecule is O=[N+]([O-])c1ccc(N2N=C3/C(=C\c4ccc(Cl)cc4)CCC[C@@H]3[C@@H]2c2ccc(Cl)cc2)cc1. The zero-order valence-corrected chi connectivity index (χ0v) is 19.2. The number of fused-ring (bicyclic) bond motifs is 1. The average molecular weight is 478 g/mol. The molecule has 1 fully saturated rings. The van der Waals surface area contributed by atoms with Gasteiger partial charge in [-0.05, 0) is 78.4 Å². The van der Waals surface area contributed by atoms with Crippen LogP contribution in [0.2, 0.25) is 10.0 Å². The minimum absolute atomic E-state index is 0.00681. The number of halogens is 2. The van der Waals surface area contributed by atoms with Crippen molar-refractivity contribution < 1.29 is 4.92 Å². The van der Waals surface area contributed by atoms with Gasteiger partial charge in [0, 0.05) is 28.1 Å². The van der Waals surface area contributed by atoms with Crippen LogP contribution < -0.4 is 5.01 Å². The number of rotatable bonds is 4. The number of nitro benzene ring substituents is 1. The van der Waals surface area contributed by atoms with Crippen molar-refractivity contribution in [3.63, 3.8) is 0 Å². The molecule has 7 heteroatoms. The van der Waals surface area contributed by atoms with Gasteiger partial charge in [0.2, 0.25) is 0 Å². The molecule has 0 radical (unpaired) electrons. The average Bonchev–Trinajstić information content (AvgIpc) is 3.22. The van der Waals surface area contributed by atoms with E-state index in [2.05, 4.69) is 6.08 Å². The van der Waals surface area contributed by atoms with Crippen LogP contribution in [0.4, 0.5) is 11.4 Å². The van der Waals surface area contributed by atoms with Crippen molar-refractivity contribution in [3.05, 3.63) is 110 Å². The first kappa shape index (κ1) is 21.7. The maximum absolute atomic E-state index is 11.1. The largest absolute Gasteiger partial charge is 0.269 e. The number of nitro groups is 1. The lowest BCUT2D eigenvalue weighted by atomic mass is 9.77. The summed E-state index contributed by atoms with van der Waals surface area (Å²) in [4.78, 5) is 10.7. The summed E-state index contributed by atoms with van der Waals surface area (Å²) < 4.78 is 0. The van der Waals surface area contributed by atoms with E-state index >= 15 is 0 Å². The second-order valence-corrected chi connectivity index (χ2v) is 9.19. The van der Waals surface area contributed by atoms with Gasteiger partial charge in [0.1, 0.15) is 0 Å². The second-order valence-electron chi connectivity index (χ2n) is 8.32. The van der Waals surface area contributed by atoms with Gasteiger partial charge in [-0.25, -0.2) is 0 Å². The van der Waals surface area contributed by atoms with Crippen molar-refractivity contribution in [3.8, 4) is 0 Å². The predicted molar refractivity (Wildman–Crippen MR) is 134 cm³/mol. The molecule has 0 amide bonds. The lowest BCUT2D eigenvalue weighted by Crippen LogP contribution is -2.28. The second kappa shape index (κ2) is 9.00. The van der Waals surface area contributed by atoms with Gasteiger partial charge in [-0.1, -0.05) is 47.5 Å². The van der Waals surface area contributed by atoms with Gasteiger partial charge in [0.15, 0.2) is 0 Å². The van der Waals surface area contributed by atoms with Crippen LogP contribution in [0.25, 0.3) is 6.08 Å². The summed E-state index contributed by atoms with van der Waals surface area (Å²) in [7, 11) is 0. The zero-order chi connectivity index (χ0) is 22.9. The molecule has 0 bridgehead atoms. The van der Waals surface area contributed by atoms with E-state index in [-0.39, 0.29) is 22.6 Å². The maximum atomic E-state index is 11.1. The van der Waals surface area contributed by atoms with E-state index in [1.807, 2.05) is 53.5 Å². The summed E-state index contributed by atoms with van der Waals surface area (Å²) in [5.41, 5.74) is 5.40. The van der Waals surface area contributed by atoms with Gasteiger partial charge in [0.05, 0.1) is 22.4 Å². The third-order valence-corrected chi connectivity index (χ3v) is 6.75. The number of nitrogens with zero attached hydrogens (tertiary/aromatic N) is 3. The van der Waals surface area contributed by atoms with Gasteiger partial charge < -0.3 is 0 Å². The Morgan fingerprint density at radius 1 is 0.939 bits per heavy atom. The van der Waals surface area contributed by atoms with E-state index in [1.54, 1.807) is 12.1 Å². The van der Waals surface area contributed by atoms with Crippen LogP contribution in [-0.4, -0.2) is 10.6 Å². The summed E-state index contributed by atoms with van der Waals surface area (Å²) in [5.74, 6) is 0.216. The van der Waals surface area contributed by atoms with Gasteiger partial charge in [-0.15, -0.1) is 0 Å². The normalized spacial score (nSPS) is 21.1. The molecule has 2 aliphatic rings. The van der Waals surface area contributed by atoms with Crippen molar-refractivity contribution in [2.75, 3.05) is 5.01 Å². The Morgan fingerprint density at radius 2 is 1.58 bits per heavy atom. The summed E-state index contributed by atoms with van der Waals surface area (Å²) in [6.45, 7) is 0. The summed E-state index contributed by atoms with van der Waals surface area (Å²) in [6, 6.07) is 22.3. The van der Waals surface area contributed by atoms with Crippen LogP contribution in [0.3, 0.4) is 0 Å². The van der Waals surface area contributed by atoms with E-state index in [4.69, 9.17) is 28.3 Å². The van der Waals surface area contributed by atoms with E-state index in [0.717, 1.165) is 41.8 Å². The van der Waals surface area contributed by atoms with Crippen molar-refractivity contribution in [2.45, 2.75) is 25.3 Å². The van der Waals surface area contributed by atoms with Crippen LogP contribution in [-0.2, 0) is 0 Å². The molecule has 33 heavy (non-hydrogen) atoms. The molecule has 166 valence electrons. The Labute approximate surface area is 202 Å². The van der Waals surface area contributed by atoms with E-state index < -0.39 is 0 Å². The number of hydrogen-bond acceptors (Lipinski definition) is 4. The molecule has 2 atom stereocenters. The first-order valence-electron chi connectivity index (χ1n) is 10.8. The molecule has 5 nitrogen and oxygen atoms in total. The molecule has 1 saturated carbocycles. The van der Waals surface area contributed by atoms with E-state index in [9.17, 15) is 10.1 Å². The summed E-state index contributed by atoms with van der Waals surface area (Å²) in [6.07, 6.45) is 5.24. The van der Waals surface area contributed by atoms with Crippen molar-refractivity contribution in [2.24, 2.45) is 11.0 Å². The standard InChI is InChI=1S/C26H21Cl2N3O2/c27-20-8-4-17(5-9-20)16-19-2-1-3-24-25(19)29-30(22-12-14-23(15-13-22)31(32)33)26(24)18-6-10-21(28)11-7-18/h4-16,24,26H,1-3H2/b19-16-/t24-,26-/m0/s1. The van der Waals surface area contributed by atoms with Crippen LogP contribution in [0, 0.1) is 16.0 Å². The highest BCUT2D eigenvalue weighted by molar-refractivity contribution is 6.30. The minimum Gasteiger partial charge on any atom is -0.258 e. The molecular weight excluding hydrogens is 457 g/mol. The third kappa shape index (κ3) is 4.39. The maximum Gasteiger partial charge on any atom is 0.269 e. The highest BCUT2D eigenvalue weighted by Crippen LogP contribution is 2.46. The van der Waals surface area contributed by atoms with Crippen LogP contribution in [0.15, 0.2) is 83.5 Å². The number of hydrogen-bond donors (Lipinski definition) is 0. The number of hydrazone groups is 1. The number of non-ortho nitro benzene ring substituents is 1. The first-order chi connectivity index (χ1) is 16.0. The number of benzene rings is 3. The monoisotopic (exact) mass is 477 g/mol. The molecule has 3 aromatic carbocycles. The molecule has 1 heterocycles. The molecule has 0 aromatic heterocycles. The molecule has 0 spiro atoms. The fourth-order valence-electron chi connectivity index (χ4n) is 4.70. The molecule has 0 unspecified atom stereocenters. The molecule has 0 saturated heterocycles. The van der Waals surface area contributed by atoms with Crippen molar-refractivity contribution >= 4 is 46.4 Å². The van der Waals surface area contributed by atoms with Crippen LogP contribution >= 0.6 is 23.2 Å². The van der Waals surface area contributed by atoms with Gasteiger partial charge in [-0.3, -0.25) is 15.1 Å². The van der Waals surface area contributed by atoms with Gasteiger partial charge in [0.25, 0.3) is 5.69 Å². The Bertz CT molecular complexity index is 1240.